The number of hydrogen-bond acceptors (Lipinski definition) is 5. The van der Waals surface area contributed by atoms with E-state index in [0.717, 1.165) is 27.2 Å². The van der Waals surface area contributed by atoms with Crippen molar-refractivity contribution in [3.63, 3.8) is 0 Å². The smallest absolute Gasteiger partial charge is 0.262 e. The van der Waals surface area contributed by atoms with Crippen molar-refractivity contribution in [2.24, 2.45) is 0 Å². The fourth-order valence-electron chi connectivity index (χ4n) is 3.45. The van der Waals surface area contributed by atoms with Crippen molar-refractivity contribution in [2.75, 3.05) is 13.1 Å². The summed E-state index contributed by atoms with van der Waals surface area (Å²) >= 11 is 6.47. The van der Waals surface area contributed by atoms with Gasteiger partial charge in [0, 0.05) is 19.0 Å². The molecular formula is C20H20BrN3O2S2. The van der Waals surface area contributed by atoms with E-state index in [1.807, 2.05) is 29.2 Å². The molecule has 2 amide bonds. The minimum absolute atomic E-state index is 0.0216. The summed E-state index contributed by atoms with van der Waals surface area (Å²) < 4.78 is 2.11. The zero-order chi connectivity index (χ0) is 19.7. The van der Waals surface area contributed by atoms with Crippen LogP contribution in [0, 0.1) is 0 Å². The molecule has 1 unspecified atom stereocenters. The van der Waals surface area contributed by atoms with Gasteiger partial charge < -0.3 is 10.2 Å². The summed E-state index contributed by atoms with van der Waals surface area (Å²) in [4.78, 5) is 32.3. The van der Waals surface area contributed by atoms with Crippen LogP contribution in [0.25, 0.3) is 10.2 Å². The first-order chi connectivity index (χ1) is 13.5. The molecule has 4 rings (SSSR count). The molecule has 8 heteroatoms. The van der Waals surface area contributed by atoms with E-state index in [0.29, 0.717) is 23.9 Å². The van der Waals surface area contributed by atoms with Gasteiger partial charge in [-0.2, -0.15) is 0 Å². The highest BCUT2D eigenvalue weighted by Crippen LogP contribution is 2.33. The first-order valence-corrected chi connectivity index (χ1v) is 11.6. The highest BCUT2D eigenvalue weighted by atomic mass is 79.9. The van der Waals surface area contributed by atoms with Gasteiger partial charge in [0.05, 0.1) is 23.9 Å². The number of likely N-dealkylation sites (tertiary alicyclic amines) is 1. The Kier molecular flexibility index (Phi) is 5.80. The number of nitrogens with zero attached hydrogens (tertiary/aromatic N) is 2. The molecule has 1 atom stereocenters. The second kappa shape index (κ2) is 8.31. The Morgan fingerprint density at radius 3 is 2.61 bits per heavy atom. The monoisotopic (exact) mass is 477 g/mol. The van der Waals surface area contributed by atoms with E-state index >= 15 is 0 Å². The molecule has 1 N–H and O–H groups in total. The Hall–Kier alpha value is -1.77. The molecule has 1 saturated heterocycles. The molecule has 5 nitrogen and oxygen atoms in total. The van der Waals surface area contributed by atoms with Gasteiger partial charge in [-0.25, -0.2) is 4.98 Å². The summed E-state index contributed by atoms with van der Waals surface area (Å²) in [6.45, 7) is 3.15. The molecule has 146 valence electrons. The van der Waals surface area contributed by atoms with Crippen molar-refractivity contribution in [1.29, 1.82) is 0 Å². The van der Waals surface area contributed by atoms with Crippen LogP contribution in [-0.2, 0) is 4.79 Å². The molecule has 0 aliphatic carbocycles. The number of fused-ring (bicyclic) bond motifs is 1. The van der Waals surface area contributed by atoms with E-state index < -0.39 is 6.04 Å². The van der Waals surface area contributed by atoms with Gasteiger partial charge >= 0.3 is 0 Å². The van der Waals surface area contributed by atoms with Gasteiger partial charge in [-0.05, 0) is 60.0 Å². The SMILES string of the molecule is CC(NC(=O)c1ccc(Br)s1)C(=O)N1CCC(c2nc3ccccc3s2)CC1. The number of benzene rings is 1. The van der Waals surface area contributed by atoms with E-state index in [1.54, 1.807) is 24.3 Å². The lowest BCUT2D eigenvalue weighted by atomic mass is 9.97. The Balaban J connectivity index is 1.33. The summed E-state index contributed by atoms with van der Waals surface area (Å²) in [7, 11) is 0. The summed E-state index contributed by atoms with van der Waals surface area (Å²) in [6, 6.07) is 11.3. The van der Waals surface area contributed by atoms with Gasteiger partial charge in [-0.3, -0.25) is 9.59 Å². The molecule has 0 bridgehead atoms. The number of para-hydroxylation sites is 1. The number of amides is 2. The molecule has 1 aromatic carbocycles. The average Bonchev–Trinajstić information content (AvgIpc) is 3.33. The summed E-state index contributed by atoms with van der Waals surface area (Å²) in [5.41, 5.74) is 1.05. The number of carbonyl (C=O) groups excluding carboxylic acids is 2. The van der Waals surface area contributed by atoms with E-state index in [2.05, 4.69) is 27.3 Å². The number of hydrogen-bond donors (Lipinski definition) is 1. The van der Waals surface area contributed by atoms with E-state index in [-0.39, 0.29) is 11.8 Å². The van der Waals surface area contributed by atoms with Crippen LogP contribution in [0.15, 0.2) is 40.2 Å². The Morgan fingerprint density at radius 2 is 1.93 bits per heavy atom. The maximum Gasteiger partial charge on any atom is 0.262 e. The minimum atomic E-state index is -0.535. The lowest BCUT2D eigenvalue weighted by molar-refractivity contribution is -0.133. The average molecular weight is 478 g/mol. The molecule has 28 heavy (non-hydrogen) atoms. The molecular weight excluding hydrogens is 458 g/mol. The number of thiophene rings is 1. The van der Waals surface area contributed by atoms with Crippen LogP contribution in [0.2, 0.25) is 0 Å². The van der Waals surface area contributed by atoms with Crippen molar-refractivity contribution < 1.29 is 9.59 Å². The molecule has 3 aromatic rings. The highest BCUT2D eigenvalue weighted by molar-refractivity contribution is 9.11. The van der Waals surface area contributed by atoms with Gasteiger partial charge in [0.2, 0.25) is 5.91 Å². The summed E-state index contributed by atoms with van der Waals surface area (Å²) in [6.07, 6.45) is 1.81. The Labute approximate surface area is 179 Å². The maximum atomic E-state index is 12.7. The predicted octanol–water partition coefficient (Wildman–Crippen LogP) is 4.64. The molecule has 0 spiro atoms. The topological polar surface area (TPSA) is 62.3 Å². The third-order valence-electron chi connectivity index (χ3n) is 4.98. The van der Waals surface area contributed by atoms with Gasteiger partial charge in [0.1, 0.15) is 6.04 Å². The molecule has 0 saturated carbocycles. The fraction of sp³-hybridized carbons (Fsp3) is 0.350. The predicted molar refractivity (Wildman–Crippen MR) is 117 cm³/mol. The third kappa shape index (κ3) is 4.14. The van der Waals surface area contributed by atoms with Gasteiger partial charge in [0.25, 0.3) is 5.91 Å². The Bertz CT molecular complexity index is 975. The molecule has 2 aromatic heterocycles. The first-order valence-electron chi connectivity index (χ1n) is 9.21. The number of thiazole rings is 1. The van der Waals surface area contributed by atoms with Crippen LogP contribution in [0.4, 0.5) is 0 Å². The highest BCUT2D eigenvalue weighted by Gasteiger charge is 2.29. The lowest BCUT2D eigenvalue weighted by Crippen LogP contribution is -2.49. The minimum Gasteiger partial charge on any atom is -0.341 e. The van der Waals surface area contributed by atoms with Crippen molar-refractivity contribution in [3.8, 4) is 0 Å². The molecule has 0 radical (unpaired) electrons. The van der Waals surface area contributed by atoms with E-state index in [1.165, 1.54) is 16.0 Å². The van der Waals surface area contributed by atoms with Crippen LogP contribution in [-0.4, -0.2) is 40.8 Å². The summed E-state index contributed by atoms with van der Waals surface area (Å²) in [5, 5.41) is 3.98. The quantitative estimate of drug-likeness (QED) is 0.594. The van der Waals surface area contributed by atoms with Crippen LogP contribution in [0.1, 0.15) is 40.4 Å². The van der Waals surface area contributed by atoms with Gasteiger partial charge in [-0.15, -0.1) is 22.7 Å². The number of halogens is 1. The van der Waals surface area contributed by atoms with Crippen molar-refractivity contribution in [3.05, 3.63) is 50.1 Å². The van der Waals surface area contributed by atoms with Gasteiger partial charge in [0.15, 0.2) is 0 Å². The number of rotatable bonds is 4. The van der Waals surface area contributed by atoms with Crippen molar-refractivity contribution >= 4 is 60.6 Å². The zero-order valence-corrected chi connectivity index (χ0v) is 18.6. The lowest BCUT2D eigenvalue weighted by Gasteiger charge is -2.33. The van der Waals surface area contributed by atoms with Crippen LogP contribution in [0.5, 0.6) is 0 Å². The zero-order valence-electron chi connectivity index (χ0n) is 15.4. The number of carbonyl (C=O) groups is 2. The third-order valence-corrected chi connectivity index (χ3v) is 7.80. The molecule has 1 fully saturated rings. The normalized spacial score (nSPS) is 16.3. The van der Waals surface area contributed by atoms with Crippen LogP contribution in [0.3, 0.4) is 0 Å². The molecule has 3 heterocycles. The Morgan fingerprint density at radius 1 is 1.18 bits per heavy atom. The van der Waals surface area contributed by atoms with Crippen LogP contribution >= 0.6 is 38.6 Å². The molecule has 1 aliphatic rings. The first kappa shape index (κ1) is 19.5. The van der Waals surface area contributed by atoms with Crippen molar-refractivity contribution in [1.82, 2.24) is 15.2 Å². The van der Waals surface area contributed by atoms with Gasteiger partial charge in [-0.1, -0.05) is 12.1 Å². The van der Waals surface area contributed by atoms with E-state index in [4.69, 9.17) is 4.98 Å². The second-order valence-corrected chi connectivity index (χ2v) is 10.4. The second-order valence-electron chi connectivity index (χ2n) is 6.92. The number of nitrogens with one attached hydrogen (secondary N) is 1. The fourth-order valence-corrected chi connectivity index (χ4v) is 5.88. The standard InChI is InChI=1S/C20H20BrN3O2S2/c1-12(22-18(25)16-6-7-17(21)27-16)20(26)24-10-8-13(9-11-24)19-23-14-4-2-3-5-15(14)28-19/h2-7,12-13H,8-11H2,1H3,(H,22,25). The van der Waals surface area contributed by atoms with E-state index in [9.17, 15) is 9.59 Å². The van der Waals surface area contributed by atoms with Crippen LogP contribution < -0.4 is 5.32 Å². The summed E-state index contributed by atoms with van der Waals surface area (Å²) in [5.74, 6) is 0.169. The largest absolute Gasteiger partial charge is 0.341 e. The number of aromatic nitrogens is 1. The maximum absolute atomic E-state index is 12.7. The molecule has 1 aliphatic heterocycles. The number of piperidine rings is 1. The van der Waals surface area contributed by atoms with Crippen molar-refractivity contribution in [2.45, 2.75) is 31.7 Å².